The highest BCUT2D eigenvalue weighted by atomic mass is 16.5. The lowest BCUT2D eigenvalue weighted by Crippen LogP contribution is -2.32. The summed E-state index contributed by atoms with van der Waals surface area (Å²) >= 11 is 0. The molecule has 7 aromatic carbocycles. The Hall–Kier alpha value is -6.65. The minimum absolute atomic E-state index is 0.299. The molecule has 1 unspecified atom stereocenters. The van der Waals surface area contributed by atoms with E-state index in [1.807, 2.05) is 18.2 Å². The van der Waals surface area contributed by atoms with Gasteiger partial charge in [0.25, 0.3) is 0 Å². The number of aliphatic imine (C=N–C) groups is 1. The molecule has 8 aromatic rings. The van der Waals surface area contributed by atoms with Crippen LogP contribution in [0.5, 0.6) is 11.5 Å². The van der Waals surface area contributed by atoms with Crippen LogP contribution in [0.3, 0.4) is 0 Å². The van der Waals surface area contributed by atoms with Crippen LogP contribution < -0.4 is 4.74 Å². The molecule has 1 atom stereocenters. The van der Waals surface area contributed by atoms with Gasteiger partial charge in [0.15, 0.2) is 0 Å². The third-order valence-electron chi connectivity index (χ3n) is 11.2. The number of fused-ring (bicyclic) bond motifs is 12. The molecule has 1 spiro atoms. The number of para-hydroxylation sites is 2. The van der Waals surface area contributed by atoms with Gasteiger partial charge >= 0.3 is 0 Å². The second kappa shape index (κ2) is 10.9. The third-order valence-corrected chi connectivity index (χ3v) is 11.2. The Labute approximate surface area is 301 Å². The molecule has 0 saturated heterocycles. The van der Waals surface area contributed by atoms with Crippen LogP contribution in [0.2, 0.25) is 0 Å². The molecule has 4 nitrogen and oxygen atoms in total. The third kappa shape index (κ3) is 4.00. The first-order valence-electron chi connectivity index (χ1n) is 17.8. The minimum Gasteiger partial charge on any atom is -0.457 e. The number of hydrogen-bond donors (Lipinski definition) is 0. The summed E-state index contributed by atoms with van der Waals surface area (Å²) in [4.78, 5) is 7.69. The van der Waals surface area contributed by atoms with Gasteiger partial charge < -0.3 is 14.1 Å². The quantitative estimate of drug-likeness (QED) is 0.188. The number of rotatable bonds is 3. The lowest BCUT2D eigenvalue weighted by Gasteiger charge is -2.40. The van der Waals surface area contributed by atoms with Crippen LogP contribution >= 0.6 is 0 Å². The molecule has 4 heteroatoms. The van der Waals surface area contributed by atoms with E-state index >= 15 is 0 Å². The maximum atomic E-state index is 6.87. The summed E-state index contributed by atoms with van der Waals surface area (Å²) in [5.74, 6) is 1.73. The Kier molecular flexibility index (Phi) is 6.12. The summed E-state index contributed by atoms with van der Waals surface area (Å²) < 4.78 is 13.2. The van der Waals surface area contributed by atoms with E-state index < -0.39 is 5.41 Å². The smallest absolute Gasteiger partial charge is 0.147 e. The Bertz CT molecular complexity index is 2760. The van der Waals surface area contributed by atoms with Crippen LogP contribution in [0.1, 0.15) is 45.1 Å². The van der Waals surface area contributed by atoms with Gasteiger partial charge in [-0.25, -0.2) is 0 Å². The van der Waals surface area contributed by atoms with Crippen molar-refractivity contribution in [3.8, 4) is 22.6 Å². The van der Waals surface area contributed by atoms with Gasteiger partial charge in [-0.1, -0.05) is 133 Å². The zero-order valence-corrected chi connectivity index (χ0v) is 28.5. The minimum atomic E-state index is -0.500. The van der Waals surface area contributed by atoms with Crippen molar-refractivity contribution in [2.24, 2.45) is 4.99 Å². The van der Waals surface area contributed by atoms with Crippen molar-refractivity contribution in [2.75, 3.05) is 7.05 Å². The van der Waals surface area contributed by atoms with Gasteiger partial charge in [0, 0.05) is 45.8 Å². The number of nitrogens with zero attached hydrogens (tertiary/aromatic N) is 2. The molecule has 0 amide bonds. The molecule has 52 heavy (non-hydrogen) atoms. The lowest BCUT2D eigenvalue weighted by atomic mass is 9.66. The average Bonchev–Trinajstić information content (AvgIpc) is 3.72. The van der Waals surface area contributed by atoms with Gasteiger partial charge in [0.2, 0.25) is 0 Å². The predicted octanol–water partition coefficient (Wildman–Crippen LogP) is 11.5. The lowest BCUT2D eigenvalue weighted by molar-refractivity contribution is 0.361. The van der Waals surface area contributed by atoms with E-state index in [4.69, 9.17) is 14.1 Å². The Balaban J connectivity index is 1.09. The monoisotopic (exact) mass is 668 g/mol. The molecule has 1 aromatic heterocycles. The van der Waals surface area contributed by atoms with Crippen molar-refractivity contribution in [3.63, 3.8) is 0 Å². The topological polar surface area (TPSA) is 38.0 Å². The second-order valence-electron chi connectivity index (χ2n) is 13.9. The molecule has 3 heterocycles. The van der Waals surface area contributed by atoms with E-state index in [9.17, 15) is 0 Å². The fourth-order valence-electron chi connectivity index (χ4n) is 8.89. The summed E-state index contributed by atoms with van der Waals surface area (Å²) in [6.07, 6.45) is 1.90. The van der Waals surface area contributed by atoms with Gasteiger partial charge in [-0.15, -0.1) is 0 Å². The molecule has 246 valence electrons. The molecule has 3 aliphatic rings. The van der Waals surface area contributed by atoms with Gasteiger partial charge in [-0.2, -0.15) is 0 Å². The average molecular weight is 669 g/mol. The fraction of sp³-hybridized carbons (Fsp3) is 0.0625. The maximum Gasteiger partial charge on any atom is 0.147 e. The first-order chi connectivity index (χ1) is 25.7. The summed E-state index contributed by atoms with van der Waals surface area (Å²) in [7, 11) is 2.13. The van der Waals surface area contributed by atoms with Crippen LogP contribution in [0.4, 0.5) is 0 Å². The van der Waals surface area contributed by atoms with E-state index in [1.165, 1.54) is 22.3 Å². The molecular formula is C48H32N2O2. The van der Waals surface area contributed by atoms with E-state index in [1.54, 1.807) is 0 Å². The van der Waals surface area contributed by atoms with Crippen LogP contribution in [-0.2, 0) is 5.41 Å². The Morgan fingerprint density at radius 3 is 2.00 bits per heavy atom. The molecule has 0 bridgehead atoms. The predicted molar refractivity (Wildman–Crippen MR) is 209 cm³/mol. The molecule has 1 aliphatic carbocycles. The molecule has 2 aliphatic heterocycles. The number of furan rings is 1. The SMILES string of the molecule is CN1C(c2ccc3c(c2)oc2ccccc23)=CC(c2ccccc2)=NC1c1ccc2c(c1)Oc1ccccc1C21c2ccccc2-c2ccccc21. The standard InChI is InChI=1S/C48H32N2O2/c1-50-42(31-23-25-36-35-17-7-11-21-43(35)51-45(36)27-31)29-41(30-13-3-2-4-14-30)49-47(50)32-24-26-40-46(28-32)52-44-22-12-10-20-39(44)48(40)37-18-8-5-15-33(37)34-16-6-9-19-38(34)48/h2-29,47H,1H3. The van der Waals surface area contributed by atoms with Gasteiger partial charge in [0.1, 0.15) is 28.8 Å². The Morgan fingerprint density at radius 1 is 0.538 bits per heavy atom. The maximum absolute atomic E-state index is 6.87. The first-order valence-corrected chi connectivity index (χ1v) is 17.8. The van der Waals surface area contributed by atoms with Crippen molar-refractivity contribution >= 4 is 33.3 Å². The molecule has 11 rings (SSSR count). The fourth-order valence-corrected chi connectivity index (χ4v) is 8.89. The molecule has 0 radical (unpaired) electrons. The van der Waals surface area contributed by atoms with Gasteiger partial charge in [0.05, 0.1) is 11.1 Å². The van der Waals surface area contributed by atoms with Gasteiger partial charge in [-0.05, 0) is 64.2 Å². The van der Waals surface area contributed by atoms with E-state index in [0.29, 0.717) is 0 Å². The summed E-state index contributed by atoms with van der Waals surface area (Å²) in [6, 6.07) is 58.1. The van der Waals surface area contributed by atoms with Crippen LogP contribution in [0, 0.1) is 0 Å². The van der Waals surface area contributed by atoms with E-state index in [-0.39, 0.29) is 6.17 Å². The molecular weight excluding hydrogens is 637 g/mol. The van der Waals surface area contributed by atoms with Crippen molar-refractivity contribution in [1.82, 2.24) is 4.90 Å². The second-order valence-corrected chi connectivity index (χ2v) is 13.9. The molecule has 0 saturated carbocycles. The first kappa shape index (κ1) is 29.1. The highest BCUT2D eigenvalue weighted by Gasteiger charge is 2.51. The normalized spacial score (nSPS) is 16.5. The Morgan fingerprint density at radius 2 is 1.19 bits per heavy atom. The van der Waals surface area contributed by atoms with E-state index in [0.717, 1.165) is 72.7 Å². The van der Waals surface area contributed by atoms with Crippen molar-refractivity contribution in [1.29, 1.82) is 0 Å². The van der Waals surface area contributed by atoms with Crippen LogP contribution in [0.15, 0.2) is 179 Å². The largest absolute Gasteiger partial charge is 0.457 e. The highest BCUT2D eigenvalue weighted by Crippen LogP contribution is 2.62. The number of benzene rings is 7. The van der Waals surface area contributed by atoms with Gasteiger partial charge in [-0.3, -0.25) is 4.99 Å². The van der Waals surface area contributed by atoms with Crippen molar-refractivity contribution in [2.45, 2.75) is 11.6 Å². The number of hydrogen-bond acceptors (Lipinski definition) is 4. The van der Waals surface area contributed by atoms with E-state index in [2.05, 4.69) is 164 Å². The van der Waals surface area contributed by atoms with Crippen molar-refractivity contribution in [3.05, 3.63) is 209 Å². The van der Waals surface area contributed by atoms with Crippen molar-refractivity contribution < 1.29 is 9.15 Å². The van der Waals surface area contributed by atoms with Crippen LogP contribution in [0.25, 0.3) is 38.8 Å². The van der Waals surface area contributed by atoms with Crippen LogP contribution in [-0.4, -0.2) is 17.7 Å². The highest BCUT2D eigenvalue weighted by molar-refractivity contribution is 6.13. The number of allylic oxidation sites excluding steroid dienone is 1. The zero-order chi connectivity index (χ0) is 34.4. The summed E-state index contributed by atoms with van der Waals surface area (Å²) in [6.45, 7) is 0. The molecule has 0 fully saturated rings. The zero-order valence-electron chi connectivity index (χ0n) is 28.5. The summed E-state index contributed by atoms with van der Waals surface area (Å²) in [5, 5.41) is 2.24. The number of ether oxygens (including phenoxy) is 1. The summed E-state index contributed by atoms with van der Waals surface area (Å²) in [5.41, 5.74) is 13.9. The molecule has 0 N–H and O–H groups in total.